The van der Waals surface area contributed by atoms with Gasteiger partial charge in [0.05, 0.1) is 0 Å². The van der Waals surface area contributed by atoms with Crippen molar-refractivity contribution in [2.45, 2.75) is 30.7 Å². The third kappa shape index (κ3) is 3.70. The zero-order valence-electron chi connectivity index (χ0n) is 16.5. The minimum atomic E-state index is -3.83. The van der Waals surface area contributed by atoms with Gasteiger partial charge in [-0.3, -0.25) is 0 Å². The number of hydrogen-bond donors (Lipinski definition) is 1. The Morgan fingerprint density at radius 2 is 1.80 bits per heavy atom. The molecule has 1 aliphatic heterocycles. The molecule has 1 saturated heterocycles. The van der Waals surface area contributed by atoms with Crippen LogP contribution in [0.15, 0.2) is 57.9 Å². The van der Waals surface area contributed by atoms with Crippen LogP contribution in [-0.2, 0) is 10.0 Å². The smallest absolute Gasteiger partial charge is 0.248 e. The van der Waals surface area contributed by atoms with Crippen molar-refractivity contribution in [1.82, 2.24) is 9.46 Å². The average molecular weight is 433 g/mol. The maximum absolute atomic E-state index is 13.7. The molecule has 0 spiro atoms. The van der Waals surface area contributed by atoms with Gasteiger partial charge in [0.1, 0.15) is 10.6 Å². The minimum absolute atomic E-state index is 0.0720. The molecule has 158 valence electrons. The molecule has 1 N–H and O–H groups in total. The Balaban J connectivity index is 1.68. The van der Waals surface area contributed by atoms with Crippen LogP contribution in [0.5, 0.6) is 0 Å². The summed E-state index contributed by atoms with van der Waals surface area (Å²) in [5, 5.41) is 6.94. The van der Waals surface area contributed by atoms with E-state index >= 15 is 0 Å². The molecule has 1 fully saturated rings. The number of rotatable bonds is 5. The number of anilines is 1. The molecule has 2 unspecified atom stereocenters. The van der Waals surface area contributed by atoms with Crippen molar-refractivity contribution in [3.63, 3.8) is 0 Å². The van der Waals surface area contributed by atoms with Crippen molar-refractivity contribution in [3.05, 3.63) is 77.2 Å². The van der Waals surface area contributed by atoms with Gasteiger partial charge < -0.3 is 9.84 Å². The summed E-state index contributed by atoms with van der Waals surface area (Å²) in [6.07, 6.45) is 0. The van der Waals surface area contributed by atoms with Crippen LogP contribution in [0, 0.1) is 25.5 Å². The Morgan fingerprint density at radius 1 is 1.07 bits per heavy atom. The van der Waals surface area contributed by atoms with E-state index in [0.717, 1.165) is 17.7 Å². The molecule has 2 heterocycles. The van der Waals surface area contributed by atoms with E-state index in [2.05, 4.69) is 10.5 Å². The molecule has 0 aliphatic carbocycles. The van der Waals surface area contributed by atoms with Gasteiger partial charge >= 0.3 is 0 Å². The maximum atomic E-state index is 13.7. The Hall–Kier alpha value is -2.78. The predicted molar refractivity (Wildman–Crippen MR) is 108 cm³/mol. The van der Waals surface area contributed by atoms with Gasteiger partial charge in [-0.25, -0.2) is 17.2 Å². The summed E-state index contributed by atoms with van der Waals surface area (Å²) in [4.78, 5) is 0.0720. The van der Waals surface area contributed by atoms with Crippen LogP contribution < -0.4 is 5.32 Å². The highest BCUT2D eigenvalue weighted by atomic mass is 32.2. The maximum Gasteiger partial charge on any atom is 0.248 e. The lowest BCUT2D eigenvalue weighted by molar-refractivity contribution is 0.389. The molecule has 30 heavy (non-hydrogen) atoms. The fourth-order valence-electron chi connectivity index (χ4n) is 3.92. The molecule has 0 amide bonds. The normalized spacial score (nSPS) is 19.9. The molecule has 6 nitrogen and oxygen atoms in total. The monoisotopic (exact) mass is 433 g/mol. The number of aryl methyl sites for hydroxylation is 2. The van der Waals surface area contributed by atoms with Crippen LogP contribution in [-0.4, -0.2) is 37.0 Å². The third-order valence-electron chi connectivity index (χ3n) is 5.35. The molecule has 0 radical (unpaired) electrons. The molecular weight excluding hydrogens is 412 g/mol. The van der Waals surface area contributed by atoms with Crippen molar-refractivity contribution >= 4 is 15.7 Å². The third-order valence-corrected chi connectivity index (χ3v) is 7.43. The molecule has 2 aromatic carbocycles. The number of halogens is 2. The molecule has 4 rings (SSSR count). The summed E-state index contributed by atoms with van der Waals surface area (Å²) in [6, 6.07) is 12.7. The van der Waals surface area contributed by atoms with Crippen LogP contribution in [0.1, 0.15) is 22.9 Å². The van der Waals surface area contributed by atoms with Gasteiger partial charge in [-0.2, -0.15) is 4.31 Å². The van der Waals surface area contributed by atoms with E-state index in [1.807, 2.05) is 30.3 Å². The predicted octanol–water partition coefficient (Wildman–Crippen LogP) is 3.84. The van der Waals surface area contributed by atoms with Crippen LogP contribution in [0.2, 0.25) is 0 Å². The molecule has 1 aliphatic rings. The molecule has 1 aromatic heterocycles. The van der Waals surface area contributed by atoms with Gasteiger partial charge in [0, 0.05) is 36.8 Å². The highest BCUT2D eigenvalue weighted by Gasteiger charge is 2.42. The Morgan fingerprint density at radius 3 is 2.43 bits per heavy atom. The first-order valence-corrected chi connectivity index (χ1v) is 10.9. The van der Waals surface area contributed by atoms with Crippen LogP contribution in [0.25, 0.3) is 0 Å². The van der Waals surface area contributed by atoms with Crippen LogP contribution in [0.4, 0.5) is 14.5 Å². The van der Waals surface area contributed by atoms with E-state index in [1.165, 1.54) is 10.4 Å². The number of nitrogens with zero attached hydrogens (tertiary/aromatic N) is 2. The molecular formula is C21H21F2N3O3S. The summed E-state index contributed by atoms with van der Waals surface area (Å²) < 4.78 is 60.0. The van der Waals surface area contributed by atoms with Crippen molar-refractivity contribution in [2.24, 2.45) is 0 Å². The highest BCUT2D eigenvalue weighted by molar-refractivity contribution is 7.89. The first-order chi connectivity index (χ1) is 14.3. The summed E-state index contributed by atoms with van der Waals surface area (Å²) in [5.74, 6) is -1.85. The second-order valence-electron chi connectivity index (χ2n) is 7.37. The fraction of sp³-hybridized carbons (Fsp3) is 0.286. The van der Waals surface area contributed by atoms with Gasteiger partial charge in [0.15, 0.2) is 17.4 Å². The SMILES string of the molecule is Cc1noc(C)c1S(=O)(=O)N1CC(Nc2ccc(F)c(F)c2)C(c2ccccc2)C1. The lowest BCUT2D eigenvalue weighted by Crippen LogP contribution is -2.32. The number of nitrogens with one attached hydrogen (secondary N) is 1. The first kappa shape index (κ1) is 20.5. The number of aromatic nitrogens is 1. The van der Waals surface area contributed by atoms with Crippen molar-refractivity contribution in [3.8, 4) is 0 Å². The quantitative estimate of drug-likeness (QED) is 0.662. The van der Waals surface area contributed by atoms with Gasteiger partial charge in [-0.1, -0.05) is 35.5 Å². The number of hydrogen-bond acceptors (Lipinski definition) is 5. The van der Waals surface area contributed by atoms with E-state index in [4.69, 9.17) is 4.52 Å². The zero-order valence-corrected chi connectivity index (χ0v) is 17.3. The van der Waals surface area contributed by atoms with Crippen LogP contribution >= 0.6 is 0 Å². The summed E-state index contributed by atoms with van der Waals surface area (Å²) in [7, 11) is -3.83. The van der Waals surface area contributed by atoms with Gasteiger partial charge in [0.25, 0.3) is 0 Å². The van der Waals surface area contributed by atoms with Crippen molar-refractivity contribution < 1.29 is 21.7 Å². The Labute approximate surface area is 173 Å². The topological polar surface area (TPSA) is 75.4 Å². The molecule has 0 bridgehead atoms. The van der Waals surface area contributed by atoms with Gasteiger partial charge in [-0.15, -0.1) is 0 Å². The summed E-state index contributed by atoms with van der Waals surface area (Å²) >= 11 is 0. The van der Waals surface area contributed by atoms with E-state index in [1.54, 1.807) is 13.8 Å². The summed E-state index contributed by atoms with van der Waals surface area (Å²) in [5.41, 5.74) is 1.64. The number of benzene rings is 2. The fourth-order valence-corrected chi connectivity index (χ4v) is 5.70. The minimum Gasteiger partial charge on any atom is -0.380 e. The second-order valence-corrected chi connectivity index (χ2v) is 9.25. The van der Waals surface area contributed by atoms with E-state index in [9.17, 15) is 17.2 Å². The molecule has 0 saturated carbocycles. The van der Waals surface area contributed by atoms with E-state index in [-0.39, 0.29) is 35.7 Å². The average Bonchev–Trinajstić information content (AvgIpc) is 3.29. The standard InChI is InChI=1S/C21H21F2N3O3S/c1-13-21(14(2)29-25-13)30(27,28)26-11-17(15-6-4-3-5-7-15)20(12-26)24-16-8-9-18(22)19(23)10-16/h3-10,17,20,24H,11-12H2,1-2H3. The largest absolute Gasteiger partial charge is 0.380 e. The summed E-state index contributed by atoms with van der Waals surface area (Å²) in [6.45, 7) is 3.54. The zero-order chi connectivity index (χ0) is 21.5. The molecule has 3 aromatic rings. The van der Waals surface area contributed by atoms with Crippen molar-refractivity contribution in [1.29, 1.82) is 0 Å². The van der Waals surface area contributed by atoms with Crippen molar-refractivity contribution in [2.75, 3.05) is 18.4 Å². The Bertz CT molecular complexity index is 1150. The van der Waals surface area contributed by atoms with Gasteiger partial charge in [0.2, 0.25) is 10.0 Å². The van der Waals surface area contributed by atoms with Gasteiger partial charge in [-0.05, 0) is 31.5 Å². The van der Waals surface area contributed by atoms with E-state index < -0.39 is 21.7 Å². The highest BCUT2D eigenvalue weighted by Crippen LogP contribution is 2.35. The number of sulfonamides is 1. The Kier molecular flexibility index (Phi) is 5.33. The lowest BCUT2D eigenvalue weighted by atomic mass is 9.94. The molecule has 2 atom stereocenters. The molecule has 9 heteroatoms. The van der Waals surface area contributed by atoms with E-state index in [0.29, 0.717) is 11.4 Å². The first-order valence-electron chi connectivity index (χ1n) is 9.47. The van der Waals surface area contributed by atoms with Crippen LogP contribution in [0.3, 0.4) is 0 Å². The second kappa shape index (κ2) is 7.81. The lowest BCUT2D eigenvalue weighted by Gasteiger charge is -2.21.